The van der Waals surface area contributed by atoms with Crippen LogP contribution in [0.2, 0.25) is 5.02 Å². The smallest absolute Gasteiger partial charge is 0.247 e. The van der Waals surface area contributed by atoms with Gasteiger partial charge in [0.1, 0.15) is 12.7 Å². The molecule has 3 rings (SSSR count). The normalized spacial score (nSPS) is 17.4. The number of aromatic nitrogens is 1. The van der Waals surface area contributed by atoms with Gasteiger partial charge in [-0.1, -0.05) is 41.6 Å². The van der Waals surface area contributed by atoms with Gasteiger partial charge in [0.05, 0.1) is 18.2 Å². The molecule has 1 aliphatic rings. The van der Waals surface area contributed by atoms with Crippen molar-refractivity contribution in [2.45, 2.75) is 11.0 Å². The van der Waals surface area contributed by atoms with Crippen LogP contribution < -0.4 is 4.74 Å². The molecule has 0 radical (unpaired) electrons. The highest BCUT2D eigenvalue weighted by molar-refractivity contribution is 8.02. The minimum atomic E-state index is -0.180. The van der Waals surface area contributed by atoms with E-state index in [0.29, 0.717) is 37.2 Å². The quantitative estimate of drug-likeness (QED) is 0.556. The van der Waals surface area contributed by atoms with Crippen molar-refractivity contribution < 1.29 is 14.3 Å². The zero-order valence-electron chi connectivity index (χ0n) is 14.1. The van der Waals surface area contributed by atoms with Gasteiger partial charge in [-0.25, -0.2) is 4.98 Å². The number of morpholine rings is 1. The van der Waals surface area contributed by atoms with E-state index < -0.39 is 0 Å². The maximum Gasteiger partial charge on any atom is 0.247 e. The van der Waals surface area contributed by atoms with Gasteiger partial charge in [-0.2, -0.15) is 0 Å². The Morgan fingerprint density at radius 3 is 2.96 bits per heavy atom. The summed E-state index contributed by atoms with van der Waals surface area (Å²) in [7, 11) is 0. The van der Waals surface area contributed by atoms with Crippen LogP contribution in [-0.4, -0.2) is 48.2 Å². The first-order chi connectivity index (χ1) is 12.7. The van der Waals surface area contributed by atoms with E-state index in [2.05, 4.69) is 4.98 Å². The monoisotopic (exact) mass is 390 g/mol. The van der Waals surface area contributed by atoms with Crippen LogP contribution in [0.15, 0.2) is 65.0 Å². The Balaban J connectivity index is 1.46. The van der Waals surface area contributed by atoms with Gasteiger partial charge in [0, 0.05) is 29.8 Å². The average Bonchev–Trinajstić information content (AvgIpc) is 2.68. The second-order valence-electron chi connectivity index (χ2n) is 5.64. The number of rotatable bonds is 6. The molecule has 1 atom stereocenters. The van der Waals surface area contributed by atoms with Crippen molar-refractivity contribution in [2.24, 2.45) is 0 Å². The summed E-state index contributed by atoms with van der Waals surface area (Å²) in [4.78, 5) is 19.3. The maximum atomic E-state index is 12.3. The Morgan fingerprint density at radius 1 is 1.35 bits per heavy atom. The van der Waals surface area contributed by atoms with E-state index in [4.69, 9.17) is 21.1 Å². The number of carbonyl (C=O) groups excluding carboxylic acids is 1. The van der Waals surface area contributed by atoms with Crippen molar-refractivity contribution in [1.29, 1.82) is 0 Å². The number of carbonyl (C=O) groups is 1. The molecule has 0 saturated carbocycles. The fourth-order valence-electron chi connectivity index (χ4n) is 2.42. The number of nitrogens with zero attached hydrogens (tertiary/aromatic N) is 2. The average molecular weight is 391 g/mol. The SMILES string of the molecule is O=C(/C=C/Sc1ccccc1)N1CCOC(COc2ccc(Cl)cn2)C1. The molecule has 0 N–H and O–H groups in total. The zero-order chi connectivity index (χ0) is 18.2. The third kappa shape index (κ3) is 5.76. The molecule has 0 bridgehead atoms. The van der Waals surface area contributed by atoms with E-state index in [9.17, 15) is 4.79 Å². The molecule has 26 heavy (non-hydrogen) atoms. The topological polar surface area (TPSA) is 51.7 Å². The van der Waals surface area contributed by atoms with Crippen molar-refractivity contribution >= 4 is 29.3 Å². The number of pyridine rings is 1. The molecule has 0 aliphatic carbocycles. The van der Waals surface area contributed by atoms with Crippen molar-refractivity contribution in [3.8, 4) is 5.88 Å². The van der Waals surface area contributed by atoms with Crippen LogP contribution in [0.5, 0.6) is 5.88 Å². The first kappa shape index (κ1) is 18.8. The molecule has 1 fully saturated rings. The third-order valence-electron chi connectivity index (χ3n) is 3.73. The van der Waals surface area contributed by atoms with Crippen LogP contribution in [-0.2, 0) is 9.53 Å². The Bertz CT molecular complexity index is 740. The molecule has 1 aromatic heterocycles. The Morgan fingerprint density at radius 2 is 2.19 bits per heavy atom. The highest BCUT2D eigenvalue weighted by Gasteiger charge is 2.23. The molecule has 1 aromatic carbocycles. The van der Waals surface area contributed by atoms with Gasteiger partial charge >= 0.3 is 0 Å². The number of hydrogen-bond acceptors (Lipinski definition) is 5. The van der Waals surface area contributed by atoms with Crippen LogP contribution in [0.4, 0.5) is 0 Å². The lowest BCUT2D eigenvalue weighted by molar-refractivity contribution is -0.134. The molecular formula is C19H19ClN2O3S. The van der Waals surface area contributed by atoms with E-state index >= 15 is 0 Å². The van der Waals surface area contributed by atoms with E-state index in [1.54, 1.807) is 23.1 Å². The van der Waals surface area contributed by atoms with Gasteiger partial charge in [-0.05, 0) is 23.6 Å². The van der Waals surface area contributed by atoms with Gasteiger partial charge in [-0.3, -0.25) is 4.79 Å². The van der Waals surface area contributed by atoms with Gasteiger partial charge in [0.25, 0.3) is 0 Å². The number of thioether (sulfide) groups is 1. The van der Waals surface area contributed by atoms with Crippen LogP contribution >= 0.6 is 23.4 Å². The van der Waals surface area contributed by atoms with Gasteiger partial charge < -0.3 is 14.4 Å². The predicted molar refractivity (Wildman–Crippen MR) is 103 cm³/mol. The van der Waals surface area contributed by atoms with Crippen molar-refractivity contribution in [3.05, 3.63) is 65.2 Å². The van der Waals surface area contributed by atoms with Crippen LogP contribution in [0.1, 0.15) is 0 Å². The van der Waals surface area contributed by atoms with Crippen LogP contribution in [0.3, 0.4) is 0 Å². The highest BCUT2D eigenvalue weighted by Crippen LogP contribution is 2.18. The molecule has 2 aromatic rings. The van der Waals surface area contributed by atoms with Crippen LogP contribution in [0, 0.1) is 0 Å². The number of benzene rings is 1. The number of ether oxygens (including phenoxy) is 2. The first-order valence-corrected chi connectivity index (χ1v) is 9.49. The molecule has 136 valence electrons. The second-order valence-corrected chi connectivity index (χ2v) is 7.05. The lowest BCUT2D eigenvalue weighted by atomic mass is 10.3. The van der Waals surface area contributed by atoms with Crippen molar-refractivity contribution in [1.82, 2.24) is 9.88 Å². The first-order valence-electron chi connectivity index (χ1n) is 8.24. The summed E-state index contributed by atoms with van der Waals surface area (Å²) in [5, 5.41) is 2.37. The lowest BCUT2D eigenvalue weighted by Gasteiger charge is -2.32. The fourth-order valence-corrected chi connectivity index (χ4v) is 3.19. The van der Waals surface area contributed by atoms with Crippen LogP contribution in [0.25, 0.3) is 0 Å². The van der Waals surface area contributed by atoms with E-state index in [-0.39, 0.29) is 12.0 Å². The van der Waals surface area contributed by atoms with Gasteiger partial charge in [0.2, 0.25) is 11.8 Å². The van der Waals surface area contributed by atoms with Crippen molar-refractivity contribution in [3.63, 3.8) is 0 Å². The summed E-state index contributed by atoms with van der Waals surface area (Å²) in [6.45, 7) is 1.90. The predicted octanol–water partition coefficient (Wildman–Crippen LogP) is 3.65. The fraction of sp³-hybridized carbons (Fsp3) is 0.263. The maximum absolute atomic E-state index is 12.3. The summed E-state index contributed by atoms with van der Waals surface area (Å²) in [5.41, 5.74) is 0. The standard InChI is InChI=1S/C19H19ClN2O3S/c20-15-6-7-18(21-12-15)25-14-16-13-22(9-10-24-16)19(23)8-11-26-17-4-2-1-3-5-17/h1-8,11-12,16H,9-10,13-14H2/b11-8+. The van der Waals surface area contributed by atoms with Crippen molar-refractivity contribution in [2.75, 3.05) is 26.3 Å². The number of halogens is 1. The zero-order valence-corrected chi connectivity index (χ0v) is 15.7. The molecule has 7 heteroatoms. The molecule has 0 spiro atoms. The number of amides is 1. The Kier molecular flexibility index (Phi) is 6.94. The Labute approximate surface area is 162 Å². The summed E-state index contributed by atoms with van der Waals surface area (Å²) in [5.74, 6) is 0.465. The highest BCUT2D eigenvalue weighted by atomic mass is 35.5. The largest absolute Gasteiger partial charge is 0.475 e. The molecule has 1 amide bonds. The lowest BCUT2D eigenvalue weighted by Crippen LogP contribution is -2.47. The van der Waals surface area contributed by atoms with Gasteiger partial charge in [0.15, 0.2) is 0 Å². The minimum Gasteiger partial charge on any atom is -0.475 e. The molecule has 2 heterocycles. The molecule has 1 aliphatic heterocycles. The molecule has 1 unspecified atom stereocenters. The third-order valence-corrected chi connectivity index (χ3v) is 4.77. The molecule has 5 nitrogen and oxygen atoms in total. The summed E-state index contributed by atoms with van der Waals surface area (Å²) < 4.78 is 11.3. The summed E-state index contributed by atoms with van der Waals surface area (Å²) >= 11 is 7.32. The van der Waals surface area contributed by atoms with E-state index in [0.717, 1.165) is 4.90 Å². The summed E-state index contributed by atoms with van der Waals surface area (Å²) in [6, 6.07) is 13.3. The molecular weight excluding hydrogens is 372 g/mol. The molecule has 1 saturated heterocycles. The van der Waals surface area contributed by atoms with E-state index in [1.807, 2.05) is 35.7 Å². The minimum absolute atomic E-state index is 0.0219. The van der Waals surface area contributed by atoms with Gasteiger partial charge in [-0.15, -0.1) is 0 Å². The second kappa shape index (κ2) is 9.62. The number of hydrogen-bond donors (Lipinski definition) is 0. The Hall–Kier alpha value is -2.02. The van der Waals surface area contributed by atoms with E-state index in [1.165, 1.54) is 18.0 Å². The summed E-state index contributed by atoms with van der Waals surface area (Å²) in [6.07, 6.45) is 2.95.